The molecule has 0 heterocycles. The Morgan fingerprint density at radius 2 is 1.85 bits per heavy atom. The highest BCUT2D eigenvalue weighted by molar-refractivity contribution is 9.10. The fourth-order valence-electron chi connectivity index (χ4n) is 1.51. The summed E-state index contributed by atoms with van der Waals surface area (Å²) in [6, 6.07) is 1.06. The van der Waals surface area contributed by atoms with Gasteiger partial charge in [-0.3, -0.25) is 4.79 Å². The largest absolute Gasteiger partial charge is 0.299 e. The van der Waals surface area contributed by atoms with Gasteiger partial charge in [0.1, 0.15) is 5.78 Å². The number of fused-ring (bicyclic) bond motifs is 1. The molecular formula is C9H5BrF2O. The number of carbonyl (C=O) groups is 1. The van der Waals surface area contributed by atoms with Gasteiger partial charge in [0.2, 0.25) is 0 Å². The lowest BCUT2D eigenvalue weighted by Crippen LogP contribution is -1.95. The van der Waals surface area contributed by atoms with Gasteiger partial charge in [-0.2, -0.15) is 0 Å². The summed E-state index contributed by atoms with van der Waals surface area (Å²) in [6.07, 6.45) is 0.213. The lowest BCUT2D eigenvalue weighted by Gasteiger charge is -2.03. The maximum absolute atomic E-state index is 13.1. The van der Waals surface area contributed by atoms with Crippen molar-refractivity contribution in [2.24, 2.45) is 0 Å². The van der Waals surface area contributed by atoms with Crippen molar-refractivity contribution in [1.29, 1.82) is 0 Å². The zero-order valence-corrected chi connectivity index (χ0v) is 8.12. The Hall–Kier alpha value is -0.770. The lowest BCUT2D eigenvalue weighted by atomic mass is 10.1. The minimum absolute atomic E-state index is 0.0114. The van der Waals surface area contributed by atoms with Gasteiger partial charge in [-0.05, 0) is 11.6 Å². The second kappa shape index (κ2) is 2.87. The Labute approximate surface area is 81.9 Å². The summed E-state index contributed by atoms with van der Waals surface area (Å²) >= 11 is 3.10. The number of rotatable bonds is 0. The molecule has 0 saturated heterocycles. The van der Waals surface area contributed by atoms with Gasteiger partial charge in [0, 0.05) is 22.9 Å². The molecule has 2 rings (SSSR count). The van der Waals surface area contributed by atoms with Crippen LogP contribution in [0.3, 0.4) is 0 Å². The van der Waals surface area contributed by atoms with Crippen molar-refractivity contribution in [1.82, 2.24) is 0 Å². The van der Waals surface area contributed by atoms with Crippen LogP contribution in [0.5, 0.6) is 0 Å². The summed E-state index contributed by atoms with van der Waals surface area (Å²) in [7, 11) is 0. The highest BCUT2D eigenvalue weighted by Gasteiger charge is 2.26. The van der Waals surface area contributed by atoms with Crippen LogP contribution in [-0.2, 0) is 17.6 Å². The molecule has 1 aliphatic carbocycles. The lowest BCUT2D eigenvalue weighted by molar-refractivity contribution is -0.117. The van der Waals surface area contributed by atoms with E-state index in [0.717, 1.165) is 6.07 Å². The quantitative estimate of drug-likeness (QED) is 0.643. The third kappa shape index (κ3) is 1.29. The van der Waals surface area contributed by atoms with Crippen LogP contribution in [0.4, 0.5) is 8.78 Å². The van der Waals surface area contributed by atoms with Gasteiger partial charge in [0.25, 0.3) is 0 Å². The Balaban J connectivity index is 2.69. The van der Waals surface area contributed by atoms with E-state index in [9.17, 15) is 13.6 Å². The normalized spacial score (nSPS) is 14.8. The molecule has 0 unspecified atom stereocenters. The average molecular weight is 247 g/mol. The van der Waals surface area contributed by atoms with Crippen molar-refractivity contribution in [2.45, 2.75) is 12.8 Å². The van der Waals surface area contributed by atoms with Crippen LogP contribution in [0.1, 0.15) is 11.1 Å². The van der Waals surface area contributed by atoms with Crippen molar-refractivity contribution in [3.8, 4) is 0 Å². The Kier molecular flexibility index (Phi) is 1.95. The van der Waals surface area contributed by atoms with E-state index in [1.807, 2.05) is 0 Å². The molecule has 4 heteroatoms. The number of hydrogen-bond donors (Lipinski definition) is 0. The van der Waals surface area contributed by atoms with Crippen LogP contribution in [0.2, 0.25) is 0 Å². The first-order valence-electron chi connectivity index (χ1n) is 3.76. The molecule has 0 radical (unpaired) electrons. The fourth-order valence-corrected chi connectivity index (χ4v) is 2.10. The molecule has 68 valence electrons. The monoisotopic (exact) mass is 246 g/mol. The van der Waals surface area contributed by atoms with E-state index >= 15 is 0 Å². The van der Waals surface area contributed by atoms with Crippen LogP contribution in [0.15, 0.2) is 10.5 Å². The Bertz CT molecular complexity index is 401. The van der Waals surface area contributed by atoms with Crippen LogP contribution < -0.4 is 0 Å². The fraction of sp³-hybridized carbons (Fsp3) is 0.222. The summed E-state index contributed by atoms with van der Waals surface area (Å²) in [5.74, 6) is -1.86. The van der Waals surface area contributed by atoms with E-state index in [1.165, 1.54) is 0 Å². The third-order valence-corrected chi connectivity index (χ3v) is 2.84. The van der Waals surface area contributed by atoms with Gasteiger partial charge >= 0.3 is 0 Å². The molecule has 1 nitrogen and oxygen atoms in total. The topological polar surface area (TPSA) is 17.1 Å². The highest BCUT2D eigenvalue weighted by atomic mass is 79.9. The molecule has 0 aromatic heterocycles. The Morgan fingerprint density at radius 3 is 2.54 bits per heavy atom. The van der Waals surface area contributed by atoms with Crippen molar-refractivity contribution in [2.75, 3.05) is 0 Å². The minimum Gasteiger partial charge on any atom is -0.299 e. The number of benzene rings is 1. The molecule has 1 aromatic rings. The zero-order valence-electron chi connectivity index (χ0n) is 6.53. The molecule has 1 aliphatic rings. The molecule has 1 aromatic carbocycles. The van der Waals surface area contributed by atoms with Crippen LogP contribution in [0.25, 0.3) is 0 Å². The van der Waals surface area contributed by atoms with Gasteiger partial charge in [0.15, 0.2) is 11.6 Å². The summed E-state index contributed by atoms with van der Waals surface area (Å²) in [5, 5.41) is 0. The van der Waals surface area contributed by atoms with E-state index in [0.29, 0.717) is 10.0 Å². The second-order valence-electron chi connectivity index (χ2n) is 3.00. The van der Waals surface area contributed by atoms with Crippen molar-refractivity contribution < 1.29 is 13.6 Å². The molecule has 0 bridgehead atoms. The first-order valence-corrected chi connectivity index (χ1v) is 4.56. The number of carbonyl (C=O) groups excluding carboxylic acids is 1. The first-order chi connectivity index (χ1) is 6.09. The predicted octanol–water partition coefficient (Wildman–Crippen LogP) is 2.40. The number of hydrogen-bond acceptors (Lipinski definition) is 1. The van der Waals surface area contributed by atoms with E-state index < -0.39 is 11.6 Å². The number of halogens is 3. The number of Topliss-reactive ketones (excluding diaryl/α,β-unsaturated/α-hetero) is 1. The van der Waals surface area contributed by atoms with E-state index in [2.05, 4.69) is 15.9 Å². The predicted molar refractivity (Wildman–Crippen MR) is 46.5 cm³/mol. The van der Waals surface area contributed by atoms with Crippen molar-refractivity contribution in [3.63, 3.8) is 0 Å². The van der Waals surface area contributed by atoms with Crippen LogP contribution in [-0.4, -0.2) is 5.78 Å². The summed E-state index contributed by atoms with van der Waals surface area (Å²) in [4.78, 5) is 11.0. The summed E-state index contributed by atoms with van der Waals surface area (Å²) in [5.41, 5.74) is 0.792. The van der Waals surface area contributed by atoms with Gasteiger partial charge in [-0.25, -0.2) is 8.78 Å². The minimum atomic E-state index is -0.902. The maximum Gasteiger partial charge on any atom is 0.162 e. The van der Waals surface area contributed by atoms with Crippen LogP contribution in [0, 0.1) is 11.6 Å². The molecule has 0 saturated carbocycles. The SMILES string of the molecule is O=C1Cc2c(Br)cc(F)c(F)c2C1. The van der Waals surface area contributed by atoms with Crippen molar-refractivity contribution >= 4 is 21.7 Å². The Morgan fingerprint density at radius 1 is 1.23 bits per heavy atom. The molecule has 0 fully saturated rings. The molecule has 0 aliphatic heterocycles. The van der Waals surface area contributed by atoms with E-state index in [4.69, 9.17) is 0 Å². The van der Waals surface area contributed by atoms with Gasteiger partial charge < -0.3 is 0 Å². The standard InChI is InChI=1S/C9H5BrF2O/c10-7-3-8(11)9(12)6-2-4(13)1-5(6)7/h3H,1-2H2. The van der Waals surface area contributed by atoms with Gasteiger partial charge in [0.05, 0.1) is 0 Å². The van der Waals surface area contributed by atoms with E-state index in [1.54, 1.807) is 0 Å². The smallest absolute Gasteiger partial charge is 0.162 e. The van der Waals surface area contributed by atoms with Crippen LogP contribution >= 0.6 is 15.9 Å². The first kappa shape index (κ1) is 8.81. The maximum atomic E-state index is 13.1. The third-order valence-electron chi connectivity index (χ3n) is 2.13. The van der Waals surface area contributed by atoms with Crippen molar-refractivity contribution in [3.05, 3.63) is 33.3 Å². The average Bonchev–Trinajstić information content (AvgIpc) is 2.44. The molecule has 13 heavy (non-hydrogen) atoms. The summed E-state index contributed by atoms with van der Waals surface area (Å²) < 4.78 is 26.4. The molecule has 0 spiro atoms. The summed E-state index contributed by atoms with van der Waals surface area (Å²) in [6.45, 7) is 0. The van der Waals surface area contributed by atoms with E-state index in [-0.39, 0.29) is 24.2 Å². The van der Waals surface area contributed by atoms with Gasteiger partial charge in [-0.1, -0.05) is 15.9 Å². The molecule has 0 atom stereocenters. The zero-order chi connectivity index (χ0) is 9.59. The second-order valence-corrected chi connectivity index (χ2v) is 3.86. The highest BCUT2D eigenvalue weighted by Crippen LogP contribution is 2.31. The molecule has 0 N–H and O–H groups in total. The van der Waals surface area contributed by atoms with Gasteiger partial charge in [-0.15, -0.1) is 0 Å². The molecule has 0 amide bonds. The number of ketones is 1. The molecular weight excluding hydrogens is 242 g/mol.